The molecule has 26 heteroatoms. The molecule has 3 rings (SSSR count). The average molecular weight is 1750 g/mol. The lowest BCUT2D eigenvalue weighted by Gasteiger charge is -2.50. The van der Waals surface area contributed by atoms with Crippen LogP contribution in [0.5, 0.6) is 0 Å². The molecule has 2 saturated heterocycles. The van der Waals surface area contributed by atoms with E-state index in [1.807, 2.05) is 0 Å². The highest BCUT2D eigenvalue weighted by Gasteiger charge is 2.60. The zero-order valence-electron chi connectivity index (χ0n) is 75.8. The number of unbranched alkanes of at least 4 members (excludes halogenated alkanes) is 52. The van der Waals surface area contributed by atoms with Gasteiger partial charge in [-0.15, -0.1) is 0 Å². The van der Waals surface area contributed by atoms with Crippen LogP contribution in [-0.2, 0) is 70.7 Å². The molecule has 3 fully saturated rings. The predicted octanol–water partition coefficient (Wildman–Crippen LogP) is 18.9. The largest absolute Gasteiger partial charge is 0.472 e. The fraction of sp³-hybridized carbons (Fsp3) is 0.916. The van der Waals surface area contributed by atoms with Crippen LogP contribution >= 0.6 is 7.82 Å². The summed E-state index contributed by atoms with van der Waals surface area (Å²) in [7, 11) is -5.81. The van der Waals surface area contributed by atoms with Gasteiger partial charge in [0.2, 0.25) is 0 Å². The third kappa shape index (κ3) is 53.5. The van der Waals surface area contributed by atoms with Crippen LogP contribution < -0.4 is 0 Å². The molecule has 0 spiro atoms. The Kier molecular flexibility index (Phi) is 68.4. The van der Waals surface area contributed by atoms with E-state index in [1.165, 1.54) is 173 Å². The molecule has 1 saturated carbocycles. The van der Waals surface area contributed by atoms with Gasteiger partial charge in [-0.2, -0.15) is 0 Å². The summed E-state index contributed by atoms with van der Waals surface area (Å²) in [6.07, 6.45) is 35.6. The van der Waals surface area contributed by atoms with Gasteiger partial charge in [0.1, 0.15) is 92.6 Å². The Morgan fingerprint density at radius 2 is 0.620 bits per heavy atom. The maximum Gasteiger partial charge on any atom is 0.472 e. The van der Waals surface area contributed by atoms with Crippen molar-refractivity contribution in [3.05, 3.63) is 24.3 Å². The van der Waals surface area contributed by atoms with E-state index in [1.54, 1.807) is 0 Å². The minimum Gasteiger partial charge on any atom is -0.463 e. The van der Waals surface area contributed by atoms with E-state index in [4.69, 9.17) is 46.9 Å². The van der Waals surface area contributed by atoms with Crippen LogP contribution in [0.25, 0.3) is 0 Å². The zero-order chi connectivity index (χ0) is 88.2. The van der Waals surface area contributed by atoms with Crippen molar-refractivity contribution in [3.63, 3.8) is 0 Å². The number of aliphatic hydroxyl groups is 9. The third-order valence-corrected chi connectivity index (χ3v) is 24.9. The number of allylic oxidation sites excluding steroid dienone is 4. The van der Waals surface area contributed by atoms with Crippen LogP contribution in [-0.4, -0.2) is 205 Å². The summed E-state index contributed by atoms with van der Waals surface area (Å²) in [6.45, 7) is 5.61. The summed E-state index contributed by atoms with van der Waals surface area (Å²) in [5.74, 6) is -2.96. The van der Waals surface area contributed by atoms with Gasteiger partial charge in [-0.25, -0.2) is 4.57 Å². The van der Waals surface area contributed by atoms with Crippen molar-refractivity contribution in [1.82, 2.24) is 0 Å². The molecule has 710 valence electrons. The van der Waals surface area contributed by atoms with Crippen LogP contribution in [0, 0.1) is 0 Å². The van der Waals surface area contributed by atoms with E-state index >= 15 is 0 Å². The van der Waals surface area contributed by atoms with Gasteiger partial charge in [-0.1, -0.05) is 347 Å². The predicted molar refractivity (Wildman–Crippen MR) is 472 cm³/mol. The van der Waals surface area contributed by atoms with E-state index in [9.17, 15) is 74.6 Å². The monoisotopic (exact) mass is 1750 g/mol. The molecule has 0 radical (unpaired) electrons. The summed E-state index contributed by atoms with van der Waals surface area (Å²) in [4.78, 5) is 66.6. The molecule has 0 aromatic carbocycles. The fourth-order valence-corrected chi connectivity index (χ4v) is 17.1. The Labute approximate surface area is 730 Å². The van der Waals surface area contributed by atoms with Crippen LogP contribution in [0.4, 0.5) is 0 Å². The highest BCUT2D eigenvalue weighted by atomic mass is 31.2. The van der Waals surface area contributed by atoms with Crippen molar-refractivity contribution in [3.8, 4) is 0 Å². The number of phosphoric acid groups is 1. The minimum atomic E-state index is -5.81. The number of hydrogen-bond donors (Lipinski definition) is 10. The molecular formula is C95H175O25P. The maximum absolute atomic E-state index is 14.9. The third-order valence-electron chi connectivity index (χ3n) is 23.9. The SMILES string of the molecule is CCCCCC/C=C\CCCCCCCCCC(=O)OCC1OC(OC2C(OC(=O)CCCCCCCCCCCCCCCCCC)C(O)C(O)C(OC3OC(CO)C(O)C(O)C3O)C2OP(=O)(O)OCC(COC(=O)CCCCCCCCCCCCCCCCCC)OC(=O)CCCCCCCCC/C=C\CCCCCC)C(O)C(O)C1O. The summed E-state index contributed by atoms with van der Waals surface area (Å²) < 4.78 is 73.6. The second-order valence-corrected chi connectivity index (χ2v) is 36.3. The van der Waals surface area contributed by atoms with E-state index in [0.717, 1.165) is 161 Å². The molecule has 121 heavy (non-hydrogen) atoms. The number of aliphatic hydroxyl groups excluding tert-OH is 9. The number of phosphoric ester groups is 1. The highest BCUT2D eigenvalue weighted by molar-refractivity contribution is 7.47. The first kappa shape index (κ1) is 112. The van der Waals surface area contributed by atoms with Crippen LogP contribution in [0.1, 0.15) is 426 Å². The van der Waals surface area contributed by atoms with Gasteiger partial charge in [0.05, 0.1) is 13.2 Å². The summed E-state index contributed by atoms with van der Waals surface area (Å²) in [5.41, 5.74) is 0. The number of carbonyl (C=O) groups is 4. The molecular weight excluding hydrogens is 1570 g/mol. The lowest BCUT2D eigenvalue weighted by atomic mass is 9.84. The molecule has 18 atom stereocenters. The number of rotatable bonds is 80. The van der Waals surface area contributed by atoms with Crippen molar-refractivity contribution in [2.24, 2.45) is 0 Å². The number of esters is 4. The lowest BCUT2D eigenvalue weighted by molar-refractivity contribution is -0.360. The maximum atomic E-state index is 14.9. The molecule has 25 nitrogen and oxygen atoms in total. The highest BCUT2D eigenvalue weighted by Crippen LogP contribution is 2.49. The van der Waals surface area contributed by atoms with Gasteiger partial charge in [0, 0.05) is 25.7 Å². The van der Waals surface area contributed by atoms with Crippen LogP contribution in [0.15, 0.2) is 24.3 Å². The van der Waals surface area contributed by atoms with Gasteiger partial charge < -0.3 is 88.7 Å². The number of hydrogen-bond acceptors (Lipinski definition) is 24. The Bertz CT molecular complexity index is 2600. The van der Waals surface area contributed by atoms with Crippen molar-refractivity contribution < 1.29 is 122 Å². The first-order valence-electron chi connectivity index (χ1n) is 49.1. The number of ether oxygens (including phenoxy) is 8. The summed E-state index contributed by atoms with van der Waals surface area (Å²) in [5, 5.41) is 102. The minimum absolute atomic E-state index is 0.00998. The Morgan fingerprint density at radius 3 is 0.992 bits per heavy atom. The Morgan fingerprint density at radius 1 is 0.322 bits per heavy atom. The quantitative estimate of drug-likeness (QED) is 0.00889. The molecule has 0 bridgehead atoms. The smallest absolute Gasteiger partial charge is 0.463 e. The molecule has 2 heterocycles. The lowest BCUT2D eigenvalue weighted by Crippen LogP contribution is -2.70. The van der Waals surface area contributed by atoms with Crippen LogP contribution in [0.3, 0.4) is 0 Å². The first-order chi connectivity index (χ1) is 58.7. The Hall–Kier alpha value is -3.05. The second-order valence-electron chi connectivity index (χ2n) is 34.9. The van der Waals surface area contributed by atoms with Crippen molar-refractivity contribution in [1.29, 1.82) is 0 Å². The number of carbonyl (C=O) groups excluding carboxylic acids is 4. The van der Waals surface area contributed by atoms with E-state index in [2.05, 4.69) is 52.0 Å². The van der Waals surface area contributed by atoms with Crippen molar-refractivity contribution >= 4 is 31.7 Å². The van der Waals surface area contributed by atoms with Gasteiger partial charge in [-0.05, 0) is 77.0 Å². The molecule has 0 amide bonds. The van der Waals surface area contributed by atoms with Gasteiger partial charge >= 0.3 is 31.7 Å². The normalized spacial score (nSPS) is 24.7. The van der Waals surface area contributed by atoms with E-state index in [0.29, 0.717) is 38.5 Å². The molecule has 3 aliphatic rings. The zero-order valence-corrected chi connectivity index (χ0v) is 76.7. The first-order valence-corrected chi connectivity index (χ1v) is 50.6. The van der Waals surface area contributed by atoms with Crippen molar-refractivity contribution in [2.75, 3.05) is 26.4 Å². The molecule has 1 aliphatic carbocycles. The summed E-state index contributed by atoms with van der Waals surface area (Å²) in [6, 6.07) is 0. The second kappa shape index (κ2) is 73.8. The van der Waals surface area contributed by atoms with Gasteiger partial charge in [0.25, 0.3) is 0 Å². The average Bonchev–Trinajstić information content (AvgIpc) is 0.754. The molecule has 0 aromatic heterocycles. The molecule has 18 unspecified atom stereocenters. The van der Waals surface area contributed by atoms with E-state index < -0.39 is 162 Å². The van der Waals surface area contributed by atoms with Crippen LogP contribution in [0.2, 0.25) is 0 Å². The fourth-order valence-electron chi connectivity index (χ4n) is 16.1. The topological polar surface area (TPSA) is 380 Å². The summed E-state index contributed by atoms with van der Waals surface area (Å²) >= 11 is 0. The standard InChI is InChI=1S/C95H175O25P/c1-5-9-13-17-21-25-29-33-37-41-44-47-51-55-59-63-67-78(97)111-72-75(114-80(99)69-65-61-57-53-49-45-40-36-32-28-24-20-16-12-8-4)73-113-121(109,110)120-93-91(118-94-88(107)84(103)82(101)76(71-96)115-94)87(106)86(105)90(117-81(100)70-66-62-58-54-50-46-42-38-34-30-26-22-18-14-10-6-2)92(93)119-95-89(108)85(104)83(102)77(116-95)74-112-79(98)68-64-60-56-52-48-43-39-35-31-27-23-19-15-11-7-3/h27-28,31-32,75-77,82-96,101-108H,5-26,29-30,33-74H2,1-4H3,(H,109,110)/b31-27-,32-28-. The van der Waals surface area contributed by atoms with Gasteiger partial charge in [0.15, 0.2) is 24.8 Å². The Balaban J connectivity index is 1.90. The molecule has 0 aromatic rings. The molecule has 10 N–H and O–H groups in total. The van der Waals surface area contributed by atoms with E-state index in [-0.39, 0.29) is 25.7 Å². The van der Waals surface area contributed by atoms with Crippen molar-refractivity contribution in [2.45, 2.75) is 530 Å². The molecule has 2 aliphatic heterocycles. The van der Waals surface area contributed by atoms with Gasteiger partial charge in [-0.3, -0.25) is 28.2 Å².